The topological polar surface area (TPSA) is 66.0 Å². The molecule has 7 heteroatoms. The Balaban J connectivity index is 0.00000363. The second-order valence-corrected chi connectivity index (χ2v) is 7.96. The molecule has 0 saturated carbocycles. The van der Waals surface area contributed by atoms with Crippen molar-refractivity contribution in [3.05, 3.63) is 65.2 Å². The van der Waals surface area contributed by atoms with Crippen molar-refractivity contribution in [2.24, 2.45) is 4.99 Å². The summed E-state index contributed by atoms with van der Waals surface area (Å²) < 4.78 is 6.06. The highest BCUT2D eigenvalue weighted by Crippen LogP contribution is 2.18. The minimum absolute atomic E-state index is 0. The molecule has 1 atom stereocenters. The minimum Gasteiger partial charge on any atom is -0.489 e. The highest BCUT2D eigenvalue weighted by atomic mass is 127. The van der Waals surface area contributed by atoms with Crippen LogP contribution in [0.1, 0.15) is 43.4 Å². The Morgan fingerprint density at radius 1 is 1.12 bits per heavy atom. The van der Waals surface area contributed by atoms with Gasteiger partial charge in [-0.15, -0.1) is 24.0 Å². The lowest BCUT2D eigenvalue weighted by molar-refractivity contribution is -0.128. The van der Waals surface area contributed by atoms with Crippen LogP contribution in [-0.2, 0) is 17.9 Å². The summed E-state index contributed by atoms with van der Waals surface area (Å²) in [6.07, 6.45) is 1.62. The smallest absolute Gasteiger partial charge is 0.222 e. The number of para-hydroxylation sites is 1. The van der Waals surface area contributed by atoms with Gasteiger partial charge in [-0.05, 0) is 49.9 Å². The van der Waals surface area contributed by atoms with Crippen molar-refractivity contribution in [2.45, 2.75) is 52.8 Å². The molecule has 0 radical (unpaired) electrons. The number of likely N-dealkylation sites (tertiary alicyclic amines) is 1. The van der Waals surface area contributed by atoms with E-state index in [2.05, 4.69) is 29.7 Å². The lowest BCUT2D eigenvalue weighted by Crippen LogP contribution is -2.41. The van der Waals surface area contributed by atoms with E-state index in [9.17, 15) is 4.79 Å². The number of aryl methyl sites for hydroxylation is 1. The molecular weight excluding hydrogens is 515 g/mol. The molecule has 1 heterocycles. The largest absolute Gasteiger partial charge is 0.489 e. The van der Waals surface area contributed by atoms with Crippen molar-refractivity contribution in [3.63, 3.8) is 0 Å². The van der Waals surface area contributed by atoms with Gasteiger partial charge in [0.1, 0.15) is 11.9 Å². The van der Waals surface area contributed by atoms with Gasteiger partial charge < -0.3 is 20.3 Å². The van der Waals surface area contributed by atoms with Gasteiger partial charge >= 0.3 is 0 Å². The predicted molar refractivity (Wildman–Crippen MR) is 141 cm³/mol. The van der Waals surface area contributed by atoms with E-state index in [-0.39, 0.29) is 36.0 Å². The Labute approximate surface area is 208 Å². The van der Waals surface area contributed by atoms with Gasteiger partial charge in [-0.25, -0.2) is 4.99 Å². The second-order valence-electron chi connectivity index (χ2n) is 7.96. The molecule has 2 aromatic carbocycles. The zero-order valence-electron chi connectivity index (χ0n) is 19.3. The average Bonchev–Trinajstić information content (AvgIpc) is 3.17. The van der Waals surface area contributed by atoms with Crippen LogP contribution in [0, 0.1) is 6.92 Å². The van der Waals surface area contributed by atoms with Crippen LogP contribution in [0.15, 0.2) is 53.5 Å². The summed E-state index contributed by atoms with van der Waals surface area (Å²) in [6.45, 7) is 9.64. The van der Waals surface area contributed by atoms with Crippen LogP contribution in [0.5, 0.6) is 5.75 Å². The molecule has 6 nitrogen and oxygen atoms in total. The number of hydrogen-bond acceptors (Lipinski definition) is 3. The molecule has 0 aromatic heterocycles. The van der Waals surface area contributed by atoms with Crippen LogP contribution >= 0.6 is 24.0 Å². The van der Waals surface area contributed by atoms with Crippen LogP contribution in [0.4, 0.5) is 0 Å². The Morgan fingerprint density at radius 2 is 1.84 bits per heavy atom. The number of rotatable bonds is 9. The van der Waals surface area contributed by atoms with Gasteiger partial charge in [-0.1, -0.05) is 42.5 Å². The number of benzene rings is 2. The van der Waals surface area contributed by atoms with Crippen molar-refractivity contribution in [3.8, 4) is 5.75 Å². The molecule has 1 saturated heterocycles. The number of ether oxygens (including phenoxy) is 1. The lowest BCUT2D eigenvalue weighted by Gasteiger charge is -2.19. The van der Waals surface area contributed by atoms with Gasteiger partial charge in [0, 0.05) is 26.1 Å². The van der Waals surface area contributed by atoms with Crippen molar-refractivity contribution in [2.75, 3.05) is 19.6 Å². The van der Waals surface area contributed by atoms with Gasteiger partial charge in [0.05, 0.1) is 13.1 Å². The molecule has 1 aliphatic heterocycles. The van der Waals surface area contributed by atoms with Crippen molar-refractivity contribution < 1.29 is 9.53 Å². The highest BCUT2D eigenvalue weighted by molar-refractivity contribution is 14.0. The number of nitrogens with zero attached hydrogens (tertiary/aromatic N) is 2. The number of halogens is 1. The molecule has 32 heavy (non-hydrogen) atoms. The van der Waals surface area contributed by atoms with Crippen molar-refractivity contribution >= 4 is 35.8 Å². The summed E-state index contributed by atoms with van der Waals surface area (Å²) in [5.74, 6) is 1.91. The van der Waals surface area contributed by atoms with E-state index >= 15 is 0 Å². The third-order valence-corrected chi connectivity index (χ3v) is 5.38. The number of carbonyl (C=O) groups is 1. The third-order valence-electron chi connectivity index (χ3n) is 5.38. The summed E-state index contributed by atoms with van der Waals surface area (Å²) in [7, 11) is 0. The van der Waals surface area contributed by atoms with Crippen molar-refractivity contribution in [1.82, 2.24) is 15.5 Å². The van der Waals surface area contributed by atoms with Gasteiger partial charge in [0.2, 0.25) is 5.91 Å². The number of guanidine groups is 1. The fourth-order valence-corrected chi connectivity index (χ4v) is 3.64. The molecule has 2 aromatic rings. The first-order valence-corrected chi connectivity index (χ1v) is 11.2. The molecule has 2 N–H and O–H groups in total. The van der Waals surface area contributed by atoms with E-state index in [0.717, 1.165) is 47.9 Å². The lowest BCUT2D eigenvalue weighted by atomic mass is 10.1. The van der Waals surface area contributed by atoms with Crippen LogP contribution < -0.4 is 15.4 Å². The average molecular weight is 550 g/mol. The van der Waals surface area contributed by atoms with E-state index in [1.165, 1.54) is 0 Å². The molecule has 1 aliphatic rings. The van der Waals surface area contributed by atoms with Gasteiger partial charge in [-0.2, -0.15) is 0 Å². The maximum Gasteiger partial charge on any atom is 0.222 e. The van der Waals surface area contributed by atoms with Gasteiger partial charge in [-0.3, -0.25) is 4.79 Å². The van der Waals surface area contributed by atoms with Crippen molar-refractivity contribution in [1.29, 1.82) is 0 Å². The summed E-state index contributed by atoms with van der Waals surface area (Å²) in [5, 5.41) is 6.68. The van der Waals surface area contributed by atoms with E-state index in [4.69, 9.17) is 9.73 Å². The normalized spacial score (nSPS) is 14.7. The van der Waals surface area contributed by atoms with Crippen LogP contribution in [0.25, 0.3) is 0 Å². The molecule has 0 spiro atoms. The van der Waals surface area contributed by atoms with Crippen LogP contribution in [0.3, 0.4) is 0 Å². The van der Waals surface area contributed by atoms with Gasteiger partial charge in [0.25, 0.3) is 0 Å². The Bertz CT molecular complexity index is 903. The summed E-state index contributed by atoms with van der Waals surface area (Å²) in [5.41, 5.74) is 3.43. The first-order chi connectivity index (χ1) is 15.1. The highest BCUT2D eigenvalue weighted by Gasteiger charge is 2.20. The van der Waals surface area contributed by atoms with Gasteiger partial charge in [0.15, 0.2) is 5.96 Å². The molecule has 1 unspecified atom stereocenters. The SMILES string of the molecule is CCNC(=NCc1ccccc1CN1CCCC1=O)NCC(C)Oc1ccccc1C.I. The monoisotopic (exact) mass is 550 g/mol. The Morgan fingerprint density at radius 3 is 2.53 bits per heavy atom. The van der Waals surface area contributed by atoms with E-state index < -0.39 is 0 Å². The third kappa shape index (κ3) is 7.69. The quantitative estimate of drug-likeness (QED) is 0.278. The van der Waals surface area contributed by atoms with Crippen LogP contribution in [-0.4, -0.2) is 42.5 Å². The van der Waals surface area contributed by atoms with E-state index in [1.54, 1.807) is 0 Å². The summed E-state index contributed by atoms with van der Waals surface area (Å²) in [6, 6.07) is 16.3. The minimum atomic E-state index is -0.00146. The maximum atomic E-state index is 12.0. The van der Waals surface area contributed by atoms with Crippen LogP contribution in [0.2, 0.25) is 0 Å². The first-order valence-electron chi connectivity index (χ1n) is 11.2. The van der Waals surface area contributed by atoms with E-state index in [0.29, 0.717) is 26.1 Å². The maximum absolute atomic E-state index is 12.0. The molecule has 1 amide bonds. The zero-order valence-corrected chi connectivity index (χ0v) is 21.6. The zero-order chi connectivity index (χ0) is 22.1. The second kappa shape index (κ2) is 13.3. The molecule has 0 bridgehead atoms. The summed E-state index contributed by atoms with van der Waals surface area (Å²) >= 11 is 0. The molecule has 1 fully saturated rings. The number of aliphatic imine (C=N–C) groups is 1. The number of amides is 1. The number of carbonyl (C=O) groups excluding carboxylic acids is 1. The number of nitrogens with one attached hydrogen (secondary N) is 2. The Hall–Kier alpha value is -2.29. The first kappa shape index (κ1) is 26.0. The fraction of sp³-hybridized carbons (Fsp3) is 0.440. The fourth-order valence-electron chi connectivity index (χ4n) is 3.64. The predicted octanol–water partition coefficient (Wildman–Crippen LogP) is 4.26. The standard InChI is InChI=1S/C25H34N4O2.HI/c1-4-26-25(27-16-20(3)31-23-13-8-5-10-19(23)2)28-17-21-11-6-7-12-22(21)18-29-15-9-14-24(29)30;/h5-8,10-13,20H,4,9,14-18H2,1-3H3,(H2,26,27,28);1H. The molecule has 0 aliphatic carbocycles. The molecule has 3 rings (SSSR count). The summed E-state index contributed by atoms with van der Waals surface area (Å²) in [4.78, 5) is 18.7. The van der Waals surface area contributed by atoms with E-state index in [1.807, 2.05) is 55.1 Å². The molecule has 174 valence electrons. The number of hydrogen-bond donors (Lipinski definition) is 2. The Kier molecular flexibility index (Phi) is 10.8. The molecular formula is C25H35IN4O2.